The van der Waals surface area contributed by atoms with Crippen LogP contribution < -0.4 is 9.29 Å². The highest BCUT2D eigenvalue weighted by atomic mass is 32.2. The van der Waals surface area contributed by atoms with Crippen LogP contribution in [-0.4, -0.2) is 14.4 Å². The molecule has 2 rings (SSSR count). The summed E-state index contributed by atoms with van der Waals surface area (Å²) >= 11 is 0. The van der Waals surface area contributed by atoms with E-state index in [1.54, 1.807) is 12.1 Å². The van der Waals surface area contributed by atoms with E-state index in [9.17, 15) is 18.3 Å². The van der Waals surface area contributed by atoms with Gasteiger partial charge < -0.3 is 14.1 Å². The SMILES string of the molecule is CCCc1ccc(S(=O)(=O)Oc2cccc(C(=O)[O-])c2)cc1. The second-order valence-corrected chi connectivity index (χ2v) is 6.29. The summed E-state index contributed by atoms with van der Waals surface area (Å²) in [7, 11) is -4.00. The first kappa shape index (κ1) is 16.0. The molecule has 0 fully saturated rings. The number of rotatable bonds is 6. The maximum Gasteiger partial charge on any atom is 0.339 e. The van der Waals surface area contributed by atoms with Crippen molar-refractivity contribution in [3.8, 4) is 5.75 Å². The Balaban J connectivity index is 2.23. The number of aromatic carboxylic acids is 1. The van der Waals surface area contributed by atoms with Gasteiger partial charge in [-0.15, -0.1) is 0 Å². The fraction of sp³-hybridized carbons (Fsp3) is 0.188. The van der Waals surface area contributed by atoms with E-state index in [2.05, 4.69) is 0 Å². The highest BCUT2D eigenvalue weighted by Gasteiger charge is 2.16. The van der Waals surface area contributed by atoms with Crippen molar-refractivity contribution in [2.24, 2.45) is 0 Å². The molecule has 0 amide bonds. The summed E-state index contributed by atoms with van der Waals surface area (Å²) in [4.78, 5) is 10.8. The van der Waals surface area contributed by atoms with Crippen LogP contribution in [0.2, 0.25) is 0 Å². The van der Waals surface area contributed by atoms with E-state index in [-0.39, 0.29) is 16.2 Å². The van der Waals surface area contributed by atoms with Gasteiger partial charge in [-0.05, 0) is 36.2 Å². The number of carbonyl (C=O) groups excluding carboxylic acids is 1. The Labute approximate surface area is 129 Å². The van der Waals surface area contributed by atoms with E-state index >= 15 is 0 Å². The van der Waals surface area contributed by atoms with E-state index in [0.29, 0.717) is 0 Å². The van der Waals surface area contributed by atoms with Gasteiger partial charge in [-0.2, -0.15) is 8.42 Å². The van der Waals surface area contributed by atoms with Gasteiger partial charge in [-0.1, -0.05) is 37.6 Å². The lowest BCUT2D eigenvalue weighted by Crippen LogP contribution is -2.22. The molecule has 0 saturated carbocycles. The molecule has 2 aromatic rings. The van der Waals surface area contributed by atoms with Crippen molar-refractivity contribution in [1.29, 1.82) is 0 Å². The van der Waals surface area contributed by atoms with Crippen molar-refractivity contribution in [3.63, 3.8) is 0 Å². The largest absolute Gasteiger partial charge is 0.545 e. The van der Waals surface area contributed by atoms with Gasteiger partial charge in [-0.25, -0.2) is 0 Å². The van der Waals surface area contributed by atoms with E-state index in [4.69, 9.17) is 4.18 Å². The quantitative estimate of drug-likeness (QED) is 0.758. The van der Waals surface area contributed by atoms with Crippen molar-refractivity contribution >= 4 is 16.1 Å². The summed E-state index contributed by atoms with van der Waals surface area (Å²) in [6.07, 6.45) is 1.84. The van der Waals surface area contributed by atoms with E-state index in [1.165, 1.54) is 30.3 Å². The lowest BCUT2D eigenvalue weighted by molar-refractivity contribution is -0.255. The molecule has 2 aromatic carbocycles. The number of hydrogen-bond acceptors (Lipinski definition) is 5. The van der Waals surface area contributed by atoms with Crippen LogP contribution in [-0.2, 0) is 16.5 Å². The van der Waals surface area contributed by atoms with Crippen molar-refractivity contribution in [1.82, 2.24) is 0 Å². The second kappa shape index (κ2) is 6.62. The summed E-state index contributed by atoms with van der Waals surface area (Å²) in [6.45, 7) is 2.04. The Morgan fingerprint density at radius 3 is 2.41 bits per heavy atom. The van der Waals surface area contributed by atoms with Gasteiger partial charge >= 0.3 is 10.1 Å². The van der Waals surface area contributed by atoms with Gasteiger partial charge in [0, 0.05) is 5.56 Å². The molecule has 0 bridgehead atoms. The summed E-state index contributed by atoms with van der Waals surface area (Å²) in [5.74, 6) is -1.47. The molecular weight excluding hydrogens is 304 g/mol. The maximum atomic E-state index is 12.2. The van der Waals surface area contributed by atoms with E-state index in [0.717, 1.165) is 24.5 Å². The lowest BCUT2D eigenvalue weighted by atomic mass is 10.1. The topological polar surface area (TPSA) is 83.5 Å². The average Bonchev–Trinajstić information content (AvgIpc) is 2.48. The fourth-order valence-corrected chi connectivity index (χ4v) is 2.88. The number of carbonyl (C=O) groups is 1. The van der Waals surface area contributed by atoms with Crippen LogP contribution in [0.3, 0.4) is 0 Å². The minimum absolute atomic E-state index is 0.0196. The highest BCUT2D eigenvalue weighted by molar-refractivity contribution is 7.87. The number of hydrogen-bond donors (Lipinski definition) is 0. The van der Waals surface area contributed by atoms with Crippen LogP contribution >= 0.6 is 0 Å². The third-order valence-electron chi connectivity index (χ3n) is 3.03. The number of carboxylic acid groups (broad SMARTS) is 1. The van der Waals surface area contributed by atoms with Crippen LogP contribution in [0.5, 0.6) is 5.75 Å². The van der Waals surface area contributed by atoms with Gasteiger partial charge in [0.1, 0.15) is 10.6 Å². The third kappa shape index (κ3) is 3.85. The molecule has 0 aromatic heterocycles. The molecule has 22 heavy (non-hydrogen) atoms. The first-order valence-corrected chi connectivity index (χ1v) is 8.18. The Morgan fingerprint density at radius 2 is 1.82 bits per heavy atom. The van der Waals surface area contributed by atoms with E-state index < -0.39 is 16.1 Å². The van der Waals surface area contributed by atoms with Crippen LogP contribution in [0.25, 0.3) is 0 Å². The molecule has 0 spiro atoms. The zero-order valence-electron chi connectivity index (χ0n) is 12.0. The predicted molar refractivity (Wildman–Crippen MR) is 79.0 cm³/mol. The molecule has 0 atom stereocenters. The number of aryl methyl sites for hydroxylation is 1. The van der Waals surface area contributed by atoms with Crippen molar-refractivity contribution in [2.75, 3.05) is 0 Å². The van der Waals surface area contributed by atoms with Crippen LogP contribution in [0.1, 0.15) is 29.3 Å². The first-order valence-electron chi connectivity index (χ1n) is 6.77. The van der Waals surface area contributed by atoms with Gasteiger partial charge in [0.25, 0.3) is 0 Å². The average molecular weight is 319 g/mol. The molecule has 0 aliphatic rings. The Morgan fingerprint density at radius 1 is 1.14 bits per heavy atom. The molecular formula is C16H15O5S-. The van der Waals surface area contributed by atoms with E-state index in [1.807, 2.05) is 6.92 Å². The molecule has 0 radical (unpaired) electrons. The summed E-state index contributed by atoms with van der Waals surface area (Å²) < 4.78 is 29.3. The first-order chi connectivity index (χ1) is 10.4. The zero-order chi connectivity index (χ0) is 16.2. The second-order valence-electron chi connectivity index (χ2n) is 4.75. The molecule has 0 aliphatic carbocycles. The molecule has 0 saturated heterocycles. The minimum Gasteiger partial charge on any atom is -0.545 e. The molecule has 6 heteroatoms. The molecule has 0 N–H and O–H groups in total. The standard InChI is InChI=1S/C16H16O5S/c1-2-4-12-7-9-15(10-8-12)22(19,20)21-14-6-3-5-13(11-14)16(17)18/h3,5-11H,2,4H2,1H3,(H,17,18)/p-1. The Kier molecular flexibility index (Phi) is 4.82. The van der Waals surface area contributed by atoms with Crippen molar-refractivity contribution < 1.29 is 22.5 Å². The third-order valence-corrected chi connectivity index (χ3v) is 4.29. The Hall–Kier alpha value is -2.34. The zero-order valence-corrected chi connectivity index (χ0v) is 12.8. The molecule has 0 heterocycles. The maximum absolute atomic E-state index is 12.2. The summed E-state index contributed by atoms with van der Waals surface area (Å²) in [5, 5.41) is 10.8. The Bertz CT molecular complexity index is 763. The van der Waals surface area contributed by atoms with Gasteiger partial charge in [0.15, 0.2) is 0 Å². The number of carboxylic acids is 1. The van der Waals surface area contributed by atoms with Crippen molar-refractivity contribution in [3.05, 3.63) is 59.7 Å². The molecule has 0 aliphatic heterocycles. The lowest BCUT2D eigenvalue weighted by Gasteiger charge is -2.09. The van der Waals surface area contributed by atoms with Crippen molar-refractivity contribution in [2.45, 2.75) is 24.7 Å². The summed E-state index contributed by atoms with van der Waals surface area (Å²) in [5.41, 5.74) is 0.895. The van der Waals surface area contributed by atoms with Crippen LogP contribution in [0, 0.1) is 0 Å². The summed E-state index contributed by atoms with van der Waals surface area (Å²) in [6, 6.07) is 11.6. The number of benzene rings is 2. The predicted octanol–water partition coefficient (Wildman–Crippen LogP) is 1.77. The highest BCUT2D eigenvalue weighted by Crippen LogP contribution is 2.20. The molecule has 5 nitrogen and oxygen atoms in total. The minimum atomic E-state index is -4.00. The normalized spacial score (nSPS) is 11.1. The van der Waals surface area contributed by atoms with Gasteiger partial charge in [0.2, 0.25) is 0 Å². The fourth-order valence-electron chi connectivity index (χ4n) is 1.96. The van der Waals surface area contributed by atoms with Gasteiger partial charge in [-0.3, -0.25) is 0 Å². The van der Waals surface area contributed by atoms with Crippen LogP contribution in [0.15, 0.2) is 53.4 Å². The van der Waals surface area contributed by atoms with Gasteiger partial charge in [0.05, 0.1) is 5.97 Å². The monoisotopic (exact) mass is 319 g/mol. The van der Waals surface area contributed by atoms with Crippen LogP contribution in [0.4, 0.5) is 0 Å². The molecule has 116 valence electrons. The molecule has 0 unspecified atom stereocenters. The smallest absolute Gasteiger partial charge is 0.339 e.